The molecule has 0 spiro atoms. The summed E-state index contributed by atoms with van der Waals surface area (Å²) in [5, 5.41) is 53.1. The van der Waals surface area contributed by atoms with Gasteiger partial charge >= 0.3 is 5.97 Å². The van der Waals surface area contributed by atoms with Gasteiger partial charge in [-0.1, -0.05) is 12.1 Å². The number of amides is 3. The molecule has 0 aliphatic heterocycles. The third kappa shape index (κ3) is 8.11. The summed E-state index contributed by atoms with van der Waals surface area (Å²) in [5.41, 5.74) is 5.84. The molecular formula is C19H28N4O9. The lowest BCUT2D eigenvalue weighted by Crippen LogP contribution is -2.59. The van der Waals surface area contributed by atoms with Crippen molar-refractivity contribution in [1.29, 1.82) is 0 Å². The highest BCUT2D eigenvalue weighted by Gasteiger charge is 2.31. The van der Waals surface area contributed by atoms with Crippen molar-refractivity contribution in [2.24, 2.45) is 5.73 Å². The largest absolute Gasteiger partial charge is 0.508 e. The van der Waals surface area contributed by atoms with Crippen molar-refractivity contribution in [2.75, 3.05) is 13.2 Å². The number of benzene rings is 1. The van der Waals surface area contributed by atoms with Crippen LogP contribution < -0.4 is 21.7 Å². The van der Waals surface area contributed by atoms with E-state index in [-0.39, 0.29) is 12.2 Å². The van der Waals surface area contributed by atoms with Crippen LogP contribution in [0.1, 0.15) is 12.5 Å². The zero-order chi connectivity index (χ0) is 24.4. The monoisotopic (exact) mass is 456 g/mol. The Hall–Kier alpha value is -3.26. The third-order valence-corrected chi connectivity index (χ3v) is 4.40. The Morgan fingerprint density at radius 2 is 1.44 bits per heavy atom. The van der Waals surface area contributed by atoms with E-state index < -0.39 is 67.2 Å². The number of phenolic OH excluding ortho intramolecular Hbond substituents is 1. The van der Waals surface area contributed by atoms with Crippen LogP contribution in [0.15, 0.2) is 24.3 Å². The fraction of sp³-hybridized carbons (Fsp3) is 0.474. The number of carboxylic acids is 1. The molecule has 5 unspecified atom stereocenters. The topological polar surface area (TPSA) is 232 Å². The first-order valence-electron chi connectivity index (χ1n) is 9.57. The van der Waals surface area contributed by atoms with Crippen molar-refractivity contribution in [1.82, 2.24) is 16.0 Å². The molecule has 1 aromatic rings. The lowest BCUT2D eigenvalue weighted by molar-refractivity contribution is -0.145. The van der Waals surface area contributed by atoms with Crippen molar-refractivity contribution < 1.29 is 44.7 Å². The van der Waals surface area contributed by atoms with Crippen LogP contribution in [-0.2, 0) is 25.6 Å². The fourth-order valence-electron chi connectivity index (χ4n) is 2.55. The third-order valence-electron chi connectivity index (χ3n) is 4.40. The smallest absolute Gasteiger partial charge is 0.328 e. The molecule has 5 atom stereocenters. The maximum Gasteiger partial charge on any atom is 0.328 e. The van der Waals surface area contributed by atoms with Gasteiger partial charge in [-0.25, -0.2) is 4.79 Å². The number of aliphatic hydroxyl groups excluding tert-OH is 3. The van der Waals surface area contributed by atoms with Crippen LogP contribution in [0.3, 0.4) is 0 Å². The summed E-state index contributed by atoms with van der Waals surface area (Å²) < 4.78 is 0. The van der Waals surface area contributed by atoms with Gasteiger partial charge in [-0.15, -0.1) is 0 Å². The van der Waals surface area contributed by atoms with Crippen LogP contribution in [0.2, 0.25) is 0 Å². The van der Waals surface area contributed by atoms with Crippen molar-refractivity contribution in [3.05, 3.63) is 29.8 Å². The first-order valence-corrected chi connectivity index (χ1v) is 9.57. The van der Waals surface area contributed by atoms with E-state index in [9.17, 15) is 39.6 Å². The van der Waals surface area contributed by atoms with Crippen molar-refractivity contribution in [3.8, 4) is 5.75 Å². The highest BCUT2D eigenvalue weighted by molar-refractivity contribution is 5.94. The molecule has 1 aromatic carbocycles. The number of phenols is 1. The Labute approximate surface area is 183 Å². The molecule has 13 heteroatoms. The number of hydrogen-bond donors (Lipinski definition) is 9. The molecule has 3 amide bonds. The number of aliphatic carboxylic acids is 1. The summed E-state index contributed by atoms with van der Waals surface area (Å²) in [6, 6.07) is -0.252. The molecule has 0 bridgehead atoms. The fourth-order valence-corrected chi connectivity index (χ4v) is 2.55. The van der Waals surface area contributed by atoms with Gasteiger partial charge in [0.25, 0.3) is 0 Å². The Morgan fingerprint density at radius 1 is 0.906 bits per heavy atom. The molecule has 32 heavy (non-hydrogen) atoms. The van der Waals surface area contributed by atoms with Crippen LogP contribution in [0.5, 0.6) is 5.75 Å². The lowest BCUT2D eigenvalue weighted by Gasteiger charge is -2.25. The molecule has 0 aliphatic carbocycles. The Bertz CT molecular complexity index is 800. The van der Waals surface area contributed by atoms with Crippen molar-refractivity contribution >= 4 is 23.7 Å². The molecule has 10 N–H and O–H groups in total. The molecule has 1 rings (SSSR count). The van der Waals surface area contributed by atoms with Crippen LogP contribution in [-0.4, -0.2) is 92.7 Å². The summed E-state index contributed by atoms with van der Waals surface area (Å²) in [6.07, 6.45) is -1.59. The van der Waals surface area contributed by atoms with Gasteiger partial charge < -0.3 is 47.2 Å². The Morgan fingerprint density at radius 3 is 1.91 bits per heavy atom. The minimum atomic E-state index is -1.65. The zero-order valence-corrected chi connectivity index (χ0v) is 17.3. The van der Waals surface area contributed by atoms with Gasteiger partial charge in [0.1, 0.15) is 23.9 Å². The predicted octanol–water partition coefficient (Wildman–Crippen LogP) is -3.83. The van der Waals surface area contributed by atoms with Gasteiger partial charge in [0.2, 0.25) is 17.7 Å². The van der Waals surface area contributed by atoms with E-state index in [0.29, 0.717) is 5.56 Å². The number of carbonyl (C=O) groups excluding carboxylic acids is 3. The number of nitrogens with two attached hydrogens (primary N) is 1. The second kappa shape index (κ2) is 12.6. The maximum atomic E-state index is 12.7. The van der Waals surface area contributed by atoms with Gasteiger partial charge in [0.15, 0.2) is 6.04 Å². The SMILES string of the molecule is CC(O)C(NC(=O)C(Cc1ccc(O)cc1)NC(=O)C(CO)NC(=O)C(N)CO)C(=O)O. The van der Waals surface area contributed by atoms with Crippen LogP contribution in [0, 0.1) is 0 Å². The predicted molar refractivity (Wildman–Crippen MR) is 109 cm³/mol. The minimum Gasteiger partial charge on any atom is -0.508 e. The van der Waals surface area contributed by atoms with E-state index in [1.54, 1.807) is 0 Å². The number of aromatic hydroxyl groups is 1. The van der Waals surface area contributed by atoms with E-state index in [2.05, 4.69) is 16.0 Å². The second-order valence-electron chi connectivity index (χ2n) is 7.03. The van der Waals surface area contributed by atoms with E-state index in [4.69, 9.17) is 10.8 Å². The number of aliphatic hydroxyl groups is 3. The van der Waals surface area contributed by atoms with Gasteiger partial charge in [0, 0.05) is 6.42 Å². The molecule has 0 radical (unpaired) electrons. The van der Waals surface area contributed by atoms with Gasteiger partial charge in [0.05, 0.1) is 19.3 Å². The summed E-state index contributed by atoms with van der Waals surface area (Å²) in [5.74, 6) is -4.38. The first-order chi connectivity index (χ1) is 15.0. The van der Waals surface area contributed by atoms with Gasteiger partial charge in [-0.2, -0.15) is 0 Å². The summed E-state index contributed by atoms with van der Waals surface area (Å²) in [6.45, 7) is -0.392. The number of hydrogen-bond acceptors (Lipinski definition) is 9. The second-order valence-corrected chi connectivity index (χ2v) is 7.03. The lowest BCUT2D eigenvalue weighted by atomic mass is 10.0. The molecule has 0 aliphatic rings. The van der Waals surface area contributed by atoms with Crippen LogP contribution >= 0.6 is 0 Å². The molecule has 0 fully saturated rings. The standard InChI is InChI=1S/C19H28N4O9/c1-9(26)15(19(31)32)23-17(29)13(6-10-2-4-11(27)5-3-10)21-18(30)14(8-25)22-16(28)12(20)7-24/h2-5,9,12-15,24-27H,6-8,20H2,1H3,(H,21,30)(H,22,28)(H,23,29)(H,31,32). The normalized spacial score (nSPS) is 15.5. The summed E-state index contributed by atoms with van der Waals surface area (Å²) >= 11 is 0. The molecule has 0 saturated carbocycles. The molecule has 0 saturated heterocycles. The van der Waals surface area contributed by atoms with Crippen LogP contribution in [0.25, 0.3) is 0 Å². The van der Waals surface area contributed by atoms with Gasteiger partial charge in [-0.05, 0) is 24.6 Å². The van der Waals surface area contributed by atoms with Crippen LogP contribution in [0.4, 0.5) is 0 Å². The number of carboxylic acid groups (broad SMARTS) is 1. The number of carbonyl (C=O) groups is 4. The quantitative estimate of drug-likeness (QED) is 0.149. The molecule has 0 heterocycles. The average Bonchev–Trinajstić information content (AvgIpc) is 2.75. The number of rotatable bonds is 12. The molecule has 0 aromatic heterocycles. The molecule has 178 valence electrons. The van der Waals surface area contributed by atoms with E-state index >= 15 is 0 Å². The maximum absolute atomic E-state index is 12.7. The Kier molecular flexibility index (Phi) is 10.5. The zero-order valence-electron chi connectivity index (χ0n) is 17.3. The van der Waals surface area contributed by atoms with E-state index in [1.165, 1.54) is 24.3 Å². The number of nitrogens with one attached hydrogen (secondary N) is 3. The molecule has 13 nitrogen and oxygen atoms in total. The van der Waals surface area contributed by atoms with Crippen molar-refractivity contribution in [3.63, 3.8) is 0 Å². The van der Waals surface area contributed by atoms with Crippen molar-refractivity contribution in [2.45, 2.75) is 43.6 Å². The van der Waals surface area contributed by atoms with Gasteiger partial charge in [-0.3, -0.25) is 14.4 Å². The highest BCUT2D eigenvalue weighted by atomic mass is 16.4. The first kappa shape index (κ1) is 26.8. The average molecular weight is 456 g/mol. The minimum absolute atomic E-state index is 0.0397. The Balaban J connectivity index is 3.06. The molecular weight excluding hydrogens is 428 g/mol. The van der Waals surface area contributed by atoms with E-state index in [1.807, 2.05) is 0 Å². The summed E-state index contributed by atoms with van der Waals surface area (Å²) in [4.78, 5) is 48.3. The van der Waals surface area contributed by atoms with E-state index in [0.717, 1.165) is 6.92 Å². The summed E-state index contributed by atoms with van der Waals surface area (Å²) in [7, 11) is 0. The highest BCUT2D eigenvalue weighted by Crippen LogP contribution is 2.12.